The normalized spacial score (nSPS) is 12.1. The Kier molecular flexibility index (Phi) is 24.0. The molecule has 0 aromatic heterocycles. The molecular formula is C7H21Cl3O8P2. The predicted molar refractivity (Wildman–Crippen MR) is 80.1 cm³/mol. The monoisotopic (exact) mass is 400 g/mol. The van der Waals surface area contributed by atoms with Crippen molar-refractivity contribution in [1.82, 2.24) is 0 Å². The van der Waals surface area contributed by atoms with Crippen LogP contribution in [0.1, 0.15) is 20.8 Å². The van der Waals surface area contributed by atoms with Gasteiger partial charge in [0.05, 0.1) is 0 Å². The summed E-state index contributed by atoms with van der Waals surface area (Å²) in [6.45, 7) is 6.00. The molecule has 0 amide bonds. The van der Waals surface area contributed by atoms with Gasteiger partial charge in [-0.15, -0.1) is 34.8 Å². The van der Waals surface area contributed by atoms with E-state index in [0.29, 0.717) is 11.8 Å². The van der Waals surface area contributed by atoms with Gasteiger partial charge in [0.1, 0.15) is 0 Å². The molecule has 0 aromatic carbocycles. The van der Waals surface area contributed by atoms with E-state index in [1.165, 1.54) is 0 Å². The summed E-state index contributed by atoms with van der Waals surface area (Å²) in [5, 5.41) is 0.140. The molecule has 20 heavy (non-hydrogen) atoms. The zero-order valence-electron chi connectivity index (χ0n) is 11.1. The van der Waals surface area contributed by atoms with Crippen LogP contribution in [-0.2, 0) is 9.13 Å². The minimum absolute atomic E-state index is 0.140. The number of hydrogen-bond acceptors (Lipinski definition) is 2. The van der Waals surface area contributed by atoms with E-state index in [4.69, 9.17) is 73.3 Å². The highest BCUT2D eigenvalue weighted by Crippen LogP contribution is 2.26. The van der Waals surface area contributed by atoms with E-state index in [1.54, 1.807) is 0 Å². The molecule has 8 nitrogen and oxygen atoms in total. The van der Waals surface area contributed by atoms with Gasteiger partial charge in [-0.1, -0.05) is 20.8 Å². The Labute approximate surface area is 133 Å². The van der Waals surface area contributed by atoms with E-state index in [2.05, 4.69) is 13.8 Å². The first-order valence-electron chi connectivity index (χ1n) is 4.92. The van der Waals surface area contributed by atoms with Gasteiger partial charge in [0.25, 0.3) is 0 Å². The summed E-state index contributed by atoms with van der Waals surface area (Å²) in [4.78, 5) is 43.1. The number of halogens is 3. The molecule has 0 saturated heterocycles. The average molecular weight is 402 g/mol. The van der Waals surface area contributed by atoms with E-state index in [1.807, 2.05) is 6.92 Å². The van der Waals surface area contributed by atoms with Crippen molar-refractivity contribution in [3.8, 4) is 0 Å². The molecule has 0 aliphatic heterocycles. The minimum Gasteiger partial charge on any atom is -0.303 e. The summed E-state index contributed by atoms with van der Waals surface area (Å²) in [6.07, 6.45) is 0. The Bertz CT molecular complexity index is 243. The minimum atomic E-state index is -4.64. The maximum atomic E-state index is 8.88. The highest BCUT2D eigenvalue weighted by molar-refractivity contribution is 7.45. The Morgan fingerprint density at radius 2 is 1.05 bits per heavy atom. The molecule has 0 spiro atoms. The lowest BCUT2D eigenvalue weighted by Gasteiger charge is -2.06. The van der Waals surface area contributed by atoms with Gasteiger partial charge < -0.3 is 29.4 Å². The van der Waals surface area contributed by atoms with Crippen LogP contribution in [0.25, 0.3) is 0 Å². The first-order chi connectivity index (χ1) is 8.59. The molecule has 0 aromatic rings. The van der Waals surface area contributed by atoms with Gasteiger partial charge in [0.15, 0.2) is 0 Å². The van der Waals surface area contributed by atoms with Crippen LogP contribution in [0.2, 0.25) is 0 Å². The lowest BCUT2D eigenvalue weighted by atomic mass is 10.2. The largest absolute Gasteiger partial charge is 0.466 e. The standard InChI is InChI=1S/C5H10Cl2.C2H5Cl.2H3O4P/c1-4(2)5(7)3-6;1-2-3;2*1-5(2,3)4/h4-5H,3H2,1-2H3;2H2,1H3;2*(H3,1,2,3,4). The Hall–Kier alpha value is 1.09. The van der Waals surface area contributed by atoms with Crippen LogP contribution in [-0.4, -0.2) is 46.5 Å². The van der Waals surface area contributed by atoms with E-state index >= 15 is 0 Å². The van der Waals surface area contributed by atoms with E-state index in [9.17, 15) is 0 Å². The summed E-state index contributed by atoms with van der Waals surface area (Å²) in [6, 6.07) is 0. The maximum Gasteiger partial charge on any atom is 0.466 e. The number of hydrogen-bond donors (Lipinski definition) is 6. The zero-order valence-corrected chi connectivity index (χ0v) is 15.2. The summed E-state index contributed by atoms with van der Waals surface area (Å²) in [7, 11) is -9.28. The van der Waals surface area contributed by atoms with Crippen molar-refractivity contribution in [2.24, 2.45) is 5.92 Å². The van der Waals surface area contributed by atoms with Gasteiger partial charge in [-0.05, 0) is 5.92 Å². The van der Waals surface area contributed by atoms with Crippen molar-refractivity contribution in [3.63, 3.8) is 0 Å². The maximum absolute atomic E-state index is 8.88. The van der Waals surface area contributed by atoms with Gasteiger partial charge in [-0.2, -0.15) is 0 Å². The first-order valence-corrected chi connectivity index (χ1v) is 9.56. The second-order valence-corrected chi connectivity index (χ2v) is 6.66. The van der Waals surface area contributed by atoms with Gasteiger partial charge in [-0.3, -0.25) is 0 Å². The molecule has 1 unspecified atom stereocenters. The van der Waals surface area contributed by atoms with Crippen LogP contribution in [0.3, 0.4) is 0 Å². The van der Waals surface area contributed by atoms with Crippen molar-refractivity contribution < 1.29 is 38.5 Å². The fourth-order valence-electron chi connectivity index (χ4n) is 0.178. The van der Waals surface area contributed by atoms with E-state index in [-0.39, 0.29) is 5.38 Å². The average Bonchev–Trinajstić information content (AvgIpc) is 2.12. The Balaban J connectivity index is -0.0000000890. The lowest BCUT2D eigenvalue weighted by molar-refractivity contribution is 0.272. The van der Waals surface area contributed by atoms with Gasteiger partial charge >= 0.3 is 15.6 Å². The van der Waals surface area contributed by atoms with Crippen molar-refractivity contribution in [2.45, 2.75) is 26.1 Å². The molecule has 0 aliphatic rings. The molecule has 0 radical (unpaired) electrons. The van der Waals surface area contributed by atoms with Crippen LogP contribution in [0, 0.1) is 5.92 Å². The summed E-state index contributed by atoms with van der Waals surface area (Å²) >= 11 is 16.1. The molecular weight excluding hydrogens is 380 g/mol. The molecule has 1 atom stereocenters. The third-order valence-corrected chi connectivity index (χ3v) is 2.02. The van der Waals surface area contributed by atoms with Gasteiger partial charge in [0, 0.05) is 17.1 Å². The molecule has 0 fully saturated rings. The Morgan fingerprint density at radius 3 is 1.05 bits per heavy atom. The molecule has 128 valence electrons. The van der Waals surface area contributed by atoms with Crippen molar-refractivity contribution in [3.05, 3.63) is 0 Å². The summed E-state index contributed by atoms with van der Waals surface area (Å²) in [5.74, 6) is 1.78. The molecule has 13 heteroatoms. The second kappa shape index (κ2) is 16.5. The van der Waals surface area contributed by atoms with Crippen LogP contribution >= 0.6 is 50.4 Å². The van der Waals surface area contributed by atoms with Gasteiger partial charge in [-0.25, -0.2) is 9.13 Å². The van der Waals surface area contributed by atoms with Crippen LogP contribution in [0.5, 0.6) is 0 Å². The van der Waals surface area contributed by atoms with Crippen LogP contribution in [0.4, 0.5) is 0 Å². The second-order valence-electron chi connectivity index (χ2n) is 3.21. The first kappa shape index (κ1) is 29.1. The van der Waals surface area contributed by atoms with Crippen molar-refractivity contribution in [1.29, 1.82) is 0 Å². The fraction of sp³-hybridized carbons (Fsp3) is 1.00. The van der Waals surface area contributed by atoms with Crippen molar-refractivity contribution >= 4 is 50.4 Å². The van der Waals surface area contributed by atoms with Crippen LogP contribution in [0.15, 0.2) is 0 Å². The molecule has 0 bridgehead atoms. The van der Waals surface area contributed by atoms with Crippen LogP contribution < -0.4 is 0 Å². The SMILES string of the molecule is CC(C)C(Cl)CCl.CCCl.O=P(O)(O)O.O=P(O)(O)O. The quantitative estimate of drug-likeness (QED) is 0.302. The van der Waals surface area contributed by atoms with Crippen molar-refractivity contribution in [2.75, 3.05) is 11.8 Å². The fourth-order valence-corrected chi connectivity index (χ4v) is 0.535. The topological polar surface area (TPSA) is 156 Å². The van der Waals surface area contributed by atoms with Gasteiger partial charge in [0.2, 0.25) is 0 Å². The smallest absolute Gasteiger partial charge is 0.303 e. The molecule has 0 rings (SSSR count). The number of phosphoric acid groups is 2. The predicted octanol–water partition coefficient (Wildman–Crippen LogP) is 1.88. The highest BCUT2D eigenvalue weighted by atomic mass is 35.5. The van der Waals surface area contributed by atoms with E-state index in [0.717, 1.165) is 5.88 Å². The molecule has 0 saturated carbocycles. The summed E-state index contributed by atoms with van der Waals surface area (Å²) < 4.78 is 17.8. The molecule has 0 heterocycles. The molecule has 6 N–H and O–H groups in total. The Morgan fingerprint density at radius 1 is 0.900 bits per heavy atom. The highest BCUT2D eigenvalue weighted by Gasteiger charge is 2.05. The van der Waals surface area contributed by atoms with E-state index < -0.39 is 15.6 Å². The number of alkyl halides is 3. The zero-order chi connectivity index (χ0) is 17.6. The number of rotatable bonds is 2. The third-order valence-electron chi connectivity index (χ3n) is 0.871. The summed E-state index contributed by atoms with van der Waals surface area (Å²) in [5.41, 5.74) is 0. The third kappa shape index (κ3) is 124. The lowest BCUT2D eigenvalue weighted by Crippen LogP contribution is -2.08. The molecule has 0 aliphatic carbocycles.